The number of hydrogen-bond acceptors (Lipinski definition) is 3. The number of hydrogen-bond donors (Lipinski definition) is 0. The van der Waals surface area contributed by atoms with Crippen LogP contribution in [0.2, 0.25) is 10.0 Å². The third-order valence-electron chi connectivity index (χ3n) is 3.03. The van der Waals surface area contributed by atoms with E-state index in [9.17, 15) is 10.1 Å². The number of halogens is 2. The SMILES string of the molecule is COc1cccc(C(=O)C(C#N)c2c(Cl)cccc2Cl)c1. The Bertz CT molecular complexity index is 702. The number of ketones is 1. The molecule has 0 aliphatic rings. The average molecular weight is 320 g/mol. The molecule has 0 amide bonds. The predicted octanol–water partition coefficient (Wildman–Crippen LogP) is 4.49. The maximum atomic E-state index is 12.6. The molecule has 0 bridgehead atoms. The maximum Gasteiger partial charge on any atom is 0.184 e. The molecule has 106 valence electrons. The zero-order chi connectivity index (χ0) is 15.4. The molecule has 21 heavy (non-hydrogen) atoms. The van der Waals surface area contributed by atoms with Crippen molar-refractivity contribution in [2.24, 2.45) is 0 Å². The van der Waals surface area contributed by atoms with Crippen molar-refractivity contribution in [1.29, 1.82) is 5.26 Å². The van der Waals surface area contributed by atoms with Crippen molar-refractivity contribution in [1.82, 2.24) is 0 Å². The quantitative estimate of drug-likeness (QED) is 0.780. The summed E-state index contributed by atoms with van der Waals surface area (Å²) >= 11 is 12.2. The van der Waals surface area contributed by atoms with Gasteiger partial charge in [0.15, 0.2) is 5.78 Å². The molecule has 1 unspecified atom stereocenters. The summed E-state index contributed by atoms with van der Waals surface area (Å²) < 4.78 is 5.08. The summed E-state index contributed by atoms with van der Waals surface area (Å²) in [5.74, 6) is -0.882. The smallest absolute Gasteiger partial charge is 0.184 e. The molecule has 2 aromatic rings. The molecule has 3 nitrogen and oxygen atoms in total. The molecule has 0 aliphatic carbocycles. The minimum Gasteiger partial charge on any atom is -0.497 e. The highest BCUT2D eigenvalue weighted by Crippen LogP contribution is 2.33. The van der Waals surface area contributed by atoms with Gasteiger partial charge in [-0.05, 0) is 24.3 Å². The maximum absolute atomic E-state index is 12.6. The van der Waals surface area contributed by atoms with E-state index in [-0.39, 0.29) is 5.78 Å². The van der Waals surface area contributed by atoms with E-state index in [2.05, 4.69) is 0 Å². The van der Waals surface area contributed by atoms with Crippen LogP contribution in [-0.4, -0.2) is 12.9 Å². The van der Waals surface area contributed by atoms with E-state index in [1.54, 1.807) is 42.5 Å². The van der Waals surface area contributed by atoms with Crippen LogP contribution in [0.5, 0.6) is 5.75 Å². The Morgan fingerprint density at radius 1 is 1.19 bits per heavy atom. The first-order valence-electron chi connectivity index (χ1n) is 6.10. The van der Waals surface area contributed by atoms with Gasteiger partial charge in [0, 0.05) is 21.2 Å². The van der Waals surface area contributed by atoms with Gasteiger partial charge in [-0.1, -0.05) is 41.4 Å². The van der Waals surface area contributed by atoms with Crippen LogP contribution in [0.25, 0.3) is 0 Å². The summed E-state index contributed by atoms with van der Waals surface area (Å²) in [6, 6.07) is 13.5. The third kappa shape index (κ3) is 3.18. The lowest BCUT2D eigenvalue weighted by atomic mass is 9.91. The van der Waals surface area contributed by atoms with E-state index in [4.69, 9.17) is 27.9 Å². The number of carbonyl (C=O) groups is 1. The normalized spacial score (nSPS) is 11.5. The topological polar surface area (TPSA) is 50.1 Å². The zero-order valence-electron chi connectivity index (χ0n) is 11.1. The molecular formula is C16H11Cl2NO2. The second kappa shape index (κ2) is 6.62. The lowest BCUT2D eigenvalue weighted by Gasteiger charge is -2.13. The number of Topliss-reactive ketones (excluding diaryl/α,β-unsaturated/α-hetero) is 1. The first kappa shape index (κ1) is 15.4. The molecule has 0 radical (unpaired) electrons. The Morgan fingerprint density at radius 2 is 1.81 bits per heavy atom. The Labute approximate surface area is 132 Å². The minimum atomic E-state index is -1.06. The second-order valence-electron chi connectivity index (χ2n) is 4.29. The molecule has 0 spiro atoms. The molecule has 1 atom stereocenters. The van der Waals surface area contributed by atoms with Crippen molar-refractivity contribution in [2.75, 3.05) is 7.11 Å². The number of nitrogens with zero attached hydrogens (tertiary/aromatic N) is 1. The molecule has 2 rings (SSSR count). The number of rotatable bonds is 4. The van der Waals surface area contributed by atoms with Gasteiger partial charge in [-0.2, -0.15) is 5.26 Å². The fourth-order valence-electron chi connectivity index (χ4n) is 1.98. The number of ether oxygens (including phenoxy) is 1. The molecular weight excluding hydrogens is 309 g/mol. The van der Waals surface area contributed by atoms with Gasteiger partial charge in [0.1, 0.15) is 11.7 Å². The standard InChI is InChI=1S/C16H11Cl2NO2/c1-21-11-5-2-4-10(8-11)16(20)12(9-19)15-13(17)6-3-7-14(15)18/h2-8,12H,1H3. The van der Waals surface area contributed by atoms with Crippen molar-refractivity contribution in [3.05, 3.63) is 63.6 Å². The Morgan fingerprint density at radius 3 is 2.38 bits per heavy atom. The summed E-state index contributed by atoms with van der Waals surface area (Å²) in [7, 11) is 1.51. The van der Waals surface area contributed by atoms with E-state index in [1.165, 1.54) is 7.11 Å². The van der Waals surface area contributed by atoms with E-state index in [1.807, 2.05) is 6.07 Å². The van der Waals surface area contributed by atoms with Crippen molar-refractivity contribution in [2.45, 2.75) is 5.92 Å². The van der Waals surface area contributed by atoms with Crippen LogP contribution in [0.4, 0.5) is 0 Å². The Hall–Kier alpha value is -2.02. The highest BCUT2D eigenvalue weighted by atomic mass is 35.5. The molecule has 2 aromatic carbocycles. The van der Waals surface area contributed by atoms with Crippen molar-refractivity contribution >= 4 is 29.0 Å². The molecule has 0 aliphatic heterocycles. The zero-order valence-corrected chi connectivity index (χ0v) is 12.7. The summed E-state index contributed by atoms with van der Waals surface area (Å²) in [6.07, 6.45) is 0. The molecule has 0 heterocycles. The fraction of sp³-hybridized carbons (Fsp3) is 0.125. The van der Waals surface area contributed by atoms with Crippen LogP contribution in [0.1, 0.15) is 21.8 Å². The number of carbonyl (C=O) groups excluding carboxylic acids is 1. The molecule has 0 aromatic heterocycles. The highest BCUT2D eigenvalue weighted by molar-refractivity contribution is 6.36. The first-order chi connectivity index (χ1) is 10.1. The van der Waals surface area contributed by atoms with Crippen LogP contribution in [0.3, 0.4) is 0 Å². The fourth-order valence-corrected chi connectivity index (χ4v) is 2.60. The molecule has 0 saturated heterocycles. The van der Waals surface area contributed by atoms with Gasteiger partial charge in [-0.25, -0.2) is 0 Å². The summed E-state index contributed by atoms with van der Waals surface area (Å²) in [5.41, 5.74) is 0.702. The number of benzene rings is 2. The van der Waals surface area contributed by atoms with Gasteiger partial charge in [0.2, 0.25) is 0 Å². The predicted molar refractivity (Wildman–Crippen MR) is 82.1 cm³/mol. The van der Waals surface area contributed by atoms with Crippen molar-refractivity contribution in [3.8, 4) is 11.8 Å². The summed E-state index contributed by atoms with van der Waals surface area (Å²) in [5, 5.41) is 9.96. The van der Waals surface area contributed by atoms with E-state index >= 15 is 0 Å². The van der Waals surface area contributed by atoms with Gasteiger partial charge < -0.3 is 4.74 Å². The largest absolute Gasteiger partial charge is 0.497 e. The van der Waals surface area contributed by atoms with Crippen LogP contribution in [-0.2, 0) is 0 Å². The number of nitriles is 1. The van der Waals surface area contributed by atoms with E-state index in [0.29, 0.717) is 26.9 Å². The van der Waals surface area contributed by atoms with Crippen LogP contribution in [0.15, 0.2) is 42.5 Å². The van der Waals surface area contributed by atoms with Crippen LogP contribution in [0, 0.1) is 11.3 Å². The number of methoxy groups -OCH3 is 1. The summed E-state index contributed by atoms with van der Waals surface area (Å²) in [6.45, 7) is 0. The lowest BCUT2D eigenvalue weighted by molar-refractivity contribution is 0.0978. The Balaban J connectivity index is 2.46. The van der Waals surface area contributed by atoms with Gasteiger partial charge in [0.25, 0.3) is 0 Å². The van der Waals surface area contributed by atoms with Crippen molar-refractivity contribution < 1.29 is 9.53 Å². The lowest BCUT2D eigenvalue weighted by Crippen LogP contribution is -2.12. The first-order valence-corrected chi connectivity index (χ1v) is 6.86. The minimum absolute atomic E-state index is 0.297. The second-order valence-corrected chi connectivity index (χ2v) is 5.11. The van der Waals surface area contributed by atoms with Gasteiger partial charge in [-0.15, -0.1) is 0 Å². The van der Waals surface area contributed by atoms with Gasteiger partial charge in [0.05, 0.1) is 13.2 Å². The molecule has 0 N–H and O–H groups in total. The molecule has 0 saturated carbocycles. The third-order valence-corrected chi connectivity index (χ3v) is 3.69. The average Bonchev–Trinajstić information content (AvgIpc) is 2.50. The van der Waals surface area contributed by atoms with E-state index in [0.717, 1.165) is 0 Å². The summed E-state index contributed by atoms with van der Waals surface area (Å²) in [4.78, 5) is 12.6. The molecule has 5 heteroatoms. The van der Waals surface area contributed by atoms with Crippen LogP contribution < -0.4 is 4.74 Å². The Kier molecular flexibility index (Phi) is 4.85. The van der Waals surface area contributed by atoms with Crippen molar-refractivity contribution in [3.63, 3.8) is 0 Å². The van der Waals surface area contributed by atoms with Crippen LogP contribution >= 0.6 is 23.2 Å². The highest BCUT2D eigenvalue weighted by Gasteiger charge is 2.26. The molecule has 0 fully saturated rings. The van der Waals surface area contributed by atoms with Gasteiger partial charge >= 0.3 is 0 Å². The van der Waals surface area contributed by atoms with E-state index < -0.39 is 5.92 Å². The monoisotopic (exact) mass is 319 g/mol. The van der Waals surface area contributed by atoms with Gasteiger partial charge in [-0.3, -0.25) is 4.79 Å².